The van der Waals surface area contributed by atoms with Gasteiger partial charge in [-0.25, -0.2) is 4.98 Å². The Labute approximate surface area is 168 Å². The molecule has 0 amide bonds. The van der Waals surface area contributed by atoms with Crippen LogP contribution in [0.15, 0.2) is 41.3 Å². The molecule has 3 heterocycles. The van der Waals surface area contributed by atoms with Crippen molar-refractivity contribution >= 4 is 21.8 Å². The van der Waals surface area contributed by atoms with Crippen molar-refractivity contribution in [2.24, 2.45) is 5.73 Å². The van der Waals surface area contributed by atoms with E-state index < -0.39 is 0 Å². The number of nitrogens with one attached hydrogen (secondary N) is 1. The quantitative estimate of drug-likeness (QED) is 0.518. The van der Waals surface area contributed by atoms with Crippen LogP contribution in [0.3, 0.4) is 0 Å². The third-order valence-electron chi connectivity index (χ3n) is 5.52. The summed E-state index contributed by atoms with van der Waals surface area (Å²) in [5.74, 6) is 0.784. The van der Waals surface area contributed by atoms with Crippen LogP contribution in [0.5, 0.6) is 5.88 Å². The summed E-state index contributed by atoms with van der Waals surface area (Å²) in [6.45, 7) is 6.47. The van der Waals surface area contributed by atoms with Crippen LogP contribution < -0.4 is 16.0 Å². The van der Waals surface area contributed by atoms with Gasteiger partial charge in [-0.3, -0.25) is 9.78 Å². The Morgan fingerprint density at radius 2 is 1.86 bits per heavy atom. The number of pyridine rings is 3. The van der Waals surface area contributed by atoms with Crippen LogP contribution in [0.25, 0.3) is 32.9 Å². The molecule has 6 heteroatoms. The first-order valence-corrected chi connectivity index (χ1v) is 9.62. The number of ether oxygens (including phenoxy) is 1. The number of aryl methyl sites for hydroxylation is 2. The van der Waals surface area contributed by atoms with Crippen molar-refractivity contribution in [2.75, 3.05) is 13.7 Å². The first-order chi connectivity index (χ1) is 14.0. The van der Waals surface area contributed by atoms with E-state index in [1.54, 1.807) is 13.3 Å². The van der Waals surface area contributed by atoms with Crippen LogP contribution in [-0.4, -0.2) is 28.6 Å². The molecule has 1 atom stereocenters. The smallest absolute Gasteiger partial charge is 0.258 e. The van der Waals surface area contributed by atoms with Crippen molar-refractivity contribution in [1.82, 2.24) is 15.0 Å². The van der Waals surface area contributed by atoms with E-state index in [-0.39, 0.29) is 11.5 Å². The van der Waals surface area contributed by atoms with E-state index in [1.807, 2.05) is 32.0 Å². The summed E-state index contributed by atoms with van der Waals surface area (Å²) in [5.41, 5.74) is 11.5. The normalized spacial score (nSPS) is 12.4. The topological polar surface area (TPSA) is 93.9 Å². The molecule has 3 aromatic heterocycles. The number of nitrogens with two attached hydrogens (primary N) is 1. The predicted molar refractivity (Wildman–Crippen MR) is 117 cm³/mol. The molecule has 0 saturated carbocycles. The van der Waals surface area contributed by atoms with E-state index in [9.17, 15) is 4.79 Å². The van der Waals surface area contributed by atoms with Crippen molar-refractivity contribution in [3.63, 3.8) is 0 Å². The lowest BCUT2D eigenvalue weighted by molar-refractivity contribution is 0.399. The lowest BCUT2D eigenvalue weighted by Gasteiger charge is -2.16. The maximum atomic E-state index is 12.8. The van der Waals surface area contributed by atoms with E-state index in [2.05, 4.69) is 34.0 Å². The van der Waals surface area contributed by atoms with Crippen LogP contribution in [0.4, 0.5) is 0 Å². The van der Waals surface area contributed by atoms with Gasteiger partial charge in [-0.2, -0.15) is 0 Å². The van der Waals surface area contributed by atoms with Crippen LogP contribution in [0.2, 0.25) is 0 Å². The second-order valence-corrected chi connectivity index (χ2v) is 7.40. The molecule has 4 rings (SSSR count). The lowest BCUT2D eigenvalue weighted by Crippen LogP contribution is -2.11. The molecule has 29 heavy (non-hydrogen) atoms. The van der Waals surface area contributed by atoms with Crippen LogP contribution in [0.1, 0.15) is 29.7 Å². The third-order valence-corrected chi connectivity index (χ3v) is 5.52. The standard InChI is InChI=1S/C23H24N4O2/c1-12-9-10-25-21-17(12)22(28)27-20-14(3)26-23(29-4)18(19(20)21)16-7-5-15(6-8-16)13(2)11-24/h5-10,13H,11,24H2,1-4H3,(H,27,28). The van der Waals surface area contributed by atoms with Gasteiger partial charge in [-0.15, -0.1) is 0 Å². The highest BCUT2D eigenvalue weighted by Gasteiger charge is 2.20. The Bertz CT molecular complexity index is 1280. The number of fused-ring (bicyclic) bond motifs is 3. The number of nitrogens with zero attached hydrogens (tertiary/aromatic N) is 2. The molecule has 1 unspecified atom stereocenters. The zero-order chi connectivity index (χ0) is 20.7. The highest BCUT2D eigenvalue weighted by Crippen LogP contribution is 2.39. The molecule has 4 aromatic rings. The van der Waals surface area contributed by atoms with Gasteiger partial charge in [0.1, 0.15) is 0 Å². The van der Waals surface area contributed by atoms with Gasteiger partial charge in [0.2, 0.25) is 5.88 Å². The minimum atomic E-state index is -0.161. The Kier molecular flexibility index (Phi) is 4.80. The number of hydrogen-bond acceptors (Lipinski definition) is 5. The Hall–Kier alpha value is -3.25. The molecule has 0 aliphatic carbocycles. The molecule has 0 saturated heterocycles. The minimum Gasteiger partial charge on any atom is -0.481 e. The van der Waals surface area contributed by atoms with Crippen molar-refractivity contribution in [2.45, 2.75) is 26.7 Å². The van der Waals surface area contributed by atoms with Gasteiger partial charge in [-0.1, -0.05) is 31.2 Å². The number of aromatic amines is 1. The first kappa shape index (κ1) is 19.1. The number of rotatable bonds is 4. The van der Waals surface area contributed by atoms with E-state index in [4.69, 9.17) is 10.5 Å². The van der Waals surface area contributed by atoms with Crippen molar-refractivity contribution in [3.8, 4) is 17.0 Å². The molecule has 0 spiro atoms. The largest absolute Gasteiger partial charge is 0.481 e. The van der Waals surface area contributed by atoms with Gasteiger partial charge in [0.15, 0.2) is 0 Å². The fourth-order valence-electron chi connectivity index (χ4n) is 3.81. The third kappa shape index (κ3) is 3.06. The van der Waals surface area contributed by atoms with Gasteiger partial charge in [0.25, 0.3) is 5.56 Å². The molecule has 0 fully saturated rings. The number of aromatic nitrogens is 3. The molecule has 0 radical (unpaired) electrons. The summed E-state index contributed by atoms with van der Waals surface area (Å²) in [6, 6.07) is 10.1. The fourth-order valence-corrected chi connectivity index (χ4v) is 3.81. The molecular formula is C23H24N4O2. The highest BCUT2D eigenvalue weighted by molar-refractivity contribution is 6.13. The van der Waals surface area contributed by atoms with Crippen molar-refractivity contribution in [3.05, 3.63) is 63.7 Å². The summed E-state index contributed by atoms with van der Waals surface area (Å²) in [4.78, 5) is 24.9. The summed E-state index contributed by atoms with van der Waals surface area (Å²) < 4.78 is 5.65. The highest BCUT2D eigenvalue weighted by atomic mass is 16.5. The maximum absolute atomic E-state index is 12.8. The molecule has 0 aliphatic heterocycles. The second-order valence-electron chi connectivity index (χ2n) is 7.40. The summed E-state index contributed by atoms with van der Waals surface area (Å²) in [6.07, 6.45) is 1.73. The van der Waals surface area contributed by atoms with Crippen LogP contribution >= 0.6 is 0 Å². The SMILES string of the molecule is COc1nc(C)c2[nH]c(=O)c3c(C)ccnc3c2c1-c1ccc(C(C)CN)cc1. The zero-order valence-electron chi connectivity index (χ0n) is 17.0. The monoisotopic (exact) mass is 388 g/mol. The Morgan fingerprint density at radius 1 is 1.14 bits per heavy atom. The fraction of sp³-hybridized carbons (Fsp3) is 0.261. The molecule has 6 nitrogen and oxygen atoms in total. The average molecular weight is 388 g/mol. The van der Waals surface area contributed by atoms with Gasteiger partial charge in [-0.05, 0) is 49.1 Å². The first-order valence-electron chi connectivity index (χ1n) is 9.62. The van der Waals surface area contributed by atoms with Crippen LogP contribution in [0, 0.1) is 13.8 Å². The van der Waals surface area contributed by atoms with E-state index in [1.165, 1.54) is 5.56 Å². The maximum Gasteiger partial charge on any atom is 0.258 e. The molecular weight excluding hydrogens is 364 g/mol. The summed E-state index contributed by atoms with van der Waals surface area (Å²) in [5, 5.41) is 1.43. The number of hydrogen-bond donors (Lipinski definition) is 2. The van der Waals surface area contributed by atoms with Crippen molar-refractivity contribution in [1.29, 1.82) is 0 Å². The van der Waals surface area contributed by atoms with Gasteiger partial charge >= 0.3 is 0 Å². The average Bonchev–Trinajstić information content (AvgIpc) is 2.73. The number of benzene rings is 1. The Morgan fingerprint density at radius 3 is 2.52 bits per heavy atom. The zero-order valence-corrected chi connectivity index (χ0v) is 17.0. The molecule has 0 aliphatic rings. The van der Waals surface area contributed by atoms with Gasteiger partial charge in [0.05, 0.1) is 34.8 Å². The molecule has 1 aromatic carbocycles. The van der Waals surface area contributed by atoms with E-state index >= 15 is 0 Å². The lowest BCUT2D eigenvalue weighted by atomic mass is 9.95. The van der Waals surface area contributed by atoms with Crippen LogP contribution in [-0.2, 0) is 0 Å². The van der Waals surface area contributed by atoms with Crippen molar-refractivity contribution < 1.29 is 4.74 Å². The number of methoxy groups -OCH3 is 1. The van der Waals surface area contributed by atoms with E-state index in [0.29, 0.717) is 34.5 Å². The molecule has 3 N–H and O–H groups in total. The molecule has 0 bridgehead atoms. The van der Waals surface area contributed by atoms with Gasteiger partial charge in [0, 0.05) is 11.6 Å². The molecule has 148 valence electrons. The van der Waals surface area contributed by atoms with E-state index in [0.717, 1.165) is 22.1 Å². The predicted octanol–water partition coefficient (Wildman–Crippen LogP) is 3.83. The summed E-state index contributed by atoms with van der Waals surface area (Å²) >= 11 is 0. The second kappa shape index (κ2) is 7.29. The summed E-state index contributed by atoms with van der Waals surface area (Å²) in [7, 11) is 1.61. The Balaban J connectivity index is 2.14. The van der Waals surface area contributed by atoms with Gasteiger partial charge < -0.3 is 15.5 Å². The number of H-pyrrole nitrogens is 1. The minimum absolute atomic E-state index is 0.161.